The maximum absolute atomic E-state index is 11.7. The molecule has 5 aromatic rings. The second-order valence-electron chi connectivity index (χ2n) is 8.54. The number of hydrogen-bond acceptors (Lipinski definition) is 7. The van der Waals surface area contributed by atoms with Gasteiger partial charge < -0.3 is 15.2 Å². The Morgan fingerprint density at radius 3 is 2.68 bits per heavy atom. The van der Waals surface area contributed by atoms with Crippen LogP contribution in [0.5, 0.6) is 5.75 Å². The molecule has 37 heavy (non-hydrogen) atoms. The van der Waals surface area contributed by atoms with E-state index in [9.17, 15) is 9.90 Å². The molecule has 9 nitrogen and oxygen atoms in total. The number of aliphatic carboxylic acids is 1. The summed E-state index contributed by atoms with van der Waals surface area (Å²) in [6, 6.07) is 19.3. The van der Waals surface area contributed by atoms with E-state index < -0.39 is 11.9 Å². The highest BCUT2D eigenvalue weighted by Gasteiger charge is 2.19. The van der Waals surface area contributed by atoms with E-state index >= 15 is 0 Å². The Bertz CT molecular complexity index is 1550. The van der Waals surface area contributed by atoms with Gasteiger partial charge in [-0.3, -0.25) is 14.5 Å². The minimum Gasteiger partial charge on any atom is -0.491 e. The normalized spacial score (nSPS) is 11.8. The van der Waals surface area contributed by atoms with Crippen LogP contribution in [0.2, 0.25) is 0 Å². The molecule has 0 saturated heterocycles. The van der Waals surface area contributed by atoms with Gasteiger partial charge in [-0.05, 0) is 35.7 Å². The number of nitrogens with zero attached hydrogens (tertiary/aromatic N) is 5. The molecule has 2 aromatic carbocycles. The van der Waals surface area contributed by atoms with Gasteiger partial charge in [0.1, 0.15) is 5.69 Å². The number of benzene rings is 2. The highest BCUT2D eigenvalue weighted by molar-refractivity contribution is 5.92. The number of aromatic nitrogens is 5. The number of hydrogen-bond donors (Lipinski definition) is 2. The molecule has 0 aliphatic rings. The summed E-state index contributed by atoms with van der Waals surface area (Å²) in [7, 11) is 1.57. The third kappa shape index (κ3) is 4.97. The van der Waals surface area contributed by atoms with Crippen molar-refractivity contribution in [2.75, 3.05) is 12.4 Å². The van der Waals surface area contributed by atoms with Gasteiger partial charge >= 0.3 is 5.97 Å². The van der Waals surface area contributed by atoms with Crippen LogP contribution in [0.25, 0.3) is 22.4 Å². The number of carbonyl (C=O) groups is 1. The molecule has 9 heteroatoms. The molecule has 186 valence electrons. The van der Waals surface area contributed by atoms with Gasteiger partial charge in [0, 0.05) is 23.5 Å². The Balaban J connectivity index is 1.53. The first kappa shape index (κ1) is 23.9. The maximum Gasteiger partial charge on any atom is 0.310 e. The van der Waals surface area contributed by atoms with Gasteiger partial charge in [0.15, 0.2) is 17.4 Å². The van der Waals surface area contributed by atoms with Crippen LogP contribution in [0.1, 0.15) is 30.4 Å². The van der Waals surface area contributed by atoms with Crippen molar-refractivity contribution in [3.05, 3.63) is 90.4 Å². The van der Waals surface area contributed by atoms with Crippen molar-refractivity contribution < 1.29 is 14.6 Å². The summed E-state index contributed by atoms with van der Waals surface area (Å²) in [5.74, 6) is 0.121. The van der Waals surface area contributed by atoms with Gasteiger partial charge in [-0.2, -0.15) is 5.10 Å². The van der Waals surface area contributed by atoms with Crippen molar-refractivity contribution >= 4 is 28.4 Å². The quantitative estimate of drug-likeness (QED) is 0.285. The number of rotatable bonds is 9. The molecule has 0 spiro atoms. The first-order valence-electron chi connectivity index (χ1n) is 11.9. The molecule has 0 amide bonds. The van der Waals surface area contributed by atoms with Crippen LogP contribution in [0, 0.1) is 0 Å². The number of pyridine rings is 1. The van der Waals surface area contributed by atoms with E-state index in [1.165, 1.54) is 0 Å². The maximum atomic E-state index is 11.7. The summed E-state index contributed by atoms with van der Waals surface area (Å²) >= 11 is 0. The molecule has 2 N–H and O–H groups in total. The molecule has 3 heterocycles. The highest BCUT2D eigenvalue weighted by Crippen LogP contribution is 2.31. The number of para-hydroxylation sites is 1. The molecular weight excluding hydrogens is 468 g/mol. The number of ether oxygens (including phenoxy) is 1. The lowest BCUT2D eigenvalue weighted by Gasteiger charge is -2.12. The third-order valence-electron chi connectivity index (χ3n) is 6.18. The molecule has 0 aliphatic carbocycles. The SMILES string of the molecule is CCC(C(=O)O)c1cccc(Cn2nc(-c3ncc(OC)c(Nc4ccncc4)n3)c3ccccc32)c1. The number of carboxylic acids is 1. The highest BCUT2D eigenvalue weighted by atomic mass is 16.5. The number of fused-ring (bicyclic) bond motifs is 1. The zero-order valence-electron chi connectivity index (χ0n) is 20.5. The fraction of sp³-hybridized carbons (Fsp3) is 0.179. The van der Waals surface area contributed by atoms with E-state index in [1.54, 1.807) is 25.7 Å². The van der Waals surface area contributed by atoms with Crippen molar-refractivity contribution in [2.45, 2.75) is 25.8 Å². The van der Waals surface area contributed by atoms with Crippen molar-refractivity contribution in [1.82, 2.24) is 24.7 Å². The first-order chi connectivity index (χ1) is 18.1. The van der Waals surface area contributed by atoms with Crippen LogP contribution >= 0.6 is 0 Å². The molecule has 0 bridgehead atoms. The topological polar surface area (TPSA) is 115 Å². The molecule has 0 radical (unpaired) electrons. The fourth-order valence-corrected chi connectivity index (χ4v) is 4.34. The lowest BCUT2D eigenvalue weighted by Crippen LogP contribution is -2.11. The molecule has 1 unspecified atom stereocenters. The average molecular weight is 495 g/mol. The predicted octanol–water partition coefficient (Wildman–Crippen LogP) is 5.27. The second kappa shape index (κ2) is 10.4. The number of nitrogens with one attached hydrogen (secondary N) is 1. The van der Waals surface area contributed by atoms with Gasteiger partial charge in [0.25, 0.3) is 0 Å². The Hall–Kier alpha value is -4.79. The minimum absolute atomic E-state index is 0.456. The van der Waals surface area contributed by atoms with Gasteiger partial charge in [-0.25, -0.2) is 9.97 Å². The Kier molecular flexibility index (Phi) is 6.76. The van der Waals surface area contributed by atoms with Crippen LogP contribution < -0.4 is 10.1 Å². The summed E-state index contributed by atoms with van der Waals surface area (Å²) < 4.78 is 7.36. The molecule has 0 fully saturated rings. The van der Waals surface area contributed by atoms with Crippen LogP contribution in [0.4, 0.5) is 11.5 Å². The summed E-state index contributed by atoms with van der Waals surface area (Å²) in [5, 5.41) is 18.6. The second-order valence-corrected chi connectivity index (χ2v) is 8.54. The number of carboxylic acid groups (broad SMARTS) is 1. The van der Waals surface area contributed by atoms with Crippen molar-refractivity contribution in [2.24, 2.45) is 0 Å². The predicted molar refractivity (Wildman–Crippen MR) is 141 cm³/mol. The number of anilines is 2. The lowest BCUT2D eigenvalue weighted by atomic mass is 9.95. The minimum atomic E-state index is -0.820. The summed E-state index contributed by atoms with van der Waals surface area (Å²) in [6.45, 7) is 2.36. The van der Waals surface area contributed by atoms with Gasteiger partial charge in [-0.15, -0.1) is 0 Å². The largest absolute Gasteiger partial charge is 0.491 e. The van der Waals surface area contributed by atoms with Crippen LogP contribution in [-0.4, -0.2) is 42.9 Å². The molecule has 1 atom stereocenters. The van der Waals surface area contributed by atoms with Crippen molar-refractivity contribution in [3.63, 3.8) is 0 Å². The Labute approximate surface area is 213 Å². The van der Waals surface area contributed by atoms with E-state index in [-0.39, 0.29) is 0 Å². The summed E-state index contributed by atoms with van der Waals surface area (Å²) in [4.78, 5) is 25.0. The lowest BCUT2D eigenvalue weighted by molar-refractivity contribution is -0.138. The van der Waals surface area contributed by atoms with Gasteiger partial charge in [-0.1, -0.05) is 49.4 Å². The van der Waals surface area contributed by atoms with E-state index in [1.807, 2.05) is 72.3 Å². The monoisotopic (exact) mass is 494 g/mol. The standard InChI is InChI=1S/C28H26N6O3/c1-3-21(28(35)36)19-8-6-7-18(15-19)17-34-23-10-5-4-9-22(23)25(33-34)27-30-16-24(37-2)26(32-27)31-20-11-13-29-14-12-20/h4-16,21H,3,17H2,1-2H3,(H,35,36)(H,29,30,31,32). The first-order valence-corrected chi connectivity index (χ1v) is 11.9. The molecular formula is C28H26N6O3. The van der Waals surface area contributed by atoms with E-state index in [2.05, 4.69) is 15.3 Å². The van der Waals surface area contributed by atoms with E-state index in [0.29, 0.717) is 36.1 Å². The van der Waals surface area contributed by atoms with Crippen molar-refractivity contribution in [3.8, 4) is 17.3 Å². The van der Waals surface area contributed by atoms with Gasteiger partial charge in [0.05, 0.1) is 31.3 Å². The smallest absolute Gasteiger partial charge is 0.310 e. The van der Waals surface area contributed by atoms with Crippen LogP contribution in [-0.2, 0) is 11.3 Å². The van der Waals surface area contributed by atoms with Crippen LogP contribution in [0.15, 0.2) is 79.3 Å². The molecule has 5 rings (SSSR count). The third-order valence-corrected chi connectivity index (χ3v) is 6.18. The van der Waals surface area contributed by atoms with Crippen LogP contribution in [0.3, 0.4) is 0 Å². The van der Waals surface area contributed by atoms with E-state index in [4.69, 9.17) is 14.8 Å². The average Bonchev–Trinajstić information content (AvgIpc) is 3.28. The zero-order valence-corrected chi connectivity index (χ0v) is 20.5. The number of methoxy groups -OCH3 is 1. The van der Waals surface area contributed by atoms with Crippen molar-refractivity contribution in [1.29, 1.82) is 0 Å². The summed E-state index contributed by atoms with van der Waals surface area (Å²) in [5.41, 5.74) is 4.14. The fourth-order valence-electron chi connectivity index (χ4n) is 4.34. The van der Waals surface area contributed by atoms with Gasteiger partial charge in [0.2, 0.25) is 0 Å². The summed E-state index contributed by atoms with van der Waals surface area (Å²) in [6.07, 6.45) is 5.54. The molecule has 0 aliphatic heterocycles. The molecule has 3 aromatic heterocycles. The molecule has 0 saturated carbocycles. The zero-order chi connectivity index (χ0) is 25.8. The van der Waals surface area contributed by atoms with E-state index in [0.717, 1.165) is 27.7 Å². The Morgan fingerprint density at radius 1 is 1.11 bits per heavy atom. The Morgan fingerprint density at radius 2 is 1.92 bits per heavy atom.